The van der Waals surface area contributed by atoms with Crippen molar-refractivity contribution in [3.8, 4) is 5.75 Å². The molecule has 1 aliphatic carbocycles. The molecule has 1 saturated heterocycles. The maximum atomic E-state index is 12.1. The number of carbonyl (C=O) groups excluding carboxylic acids is 1. The number of hydrogen-bond acceptors (Lipinski definition) is 5. The van der Waals surface area contributed by atoms with Crippen LogP contribution in [0.2, 0.25) is 0 Å². The lowest BCUT2D eigenvalue weighted by Gasteiger charge is -2.32. The van der Waals surface area contributed by atoms with E-state index in [0.717, 1.165) is 65.6 Å². The van der Waals surface area contributed by atoms with Crippen LogP contribution in [0.5, 0.6) is 5.75 Å². The van der Waals surface area contributed by atoms with Gasteiger partial charge < -0.3 is 10.2 Å². The average molecular weight is 419 g/mol. The fourth-order valence-electron chi connectivity index (χ4n) is 4.42. The van der Waals surface area contributed by atoms with Gasteiger partial charge in [0.05, 0.1) is 11.3 Å². The van der Waals surface area contributed by atoms with E-state index in [1.165, 1.54) is 12.5 Å². The summed E-state index contributed by atoms with van der Waals surface area (Å²) in [5.41, 5.74) is 0.647. The zero-order chi connectivity index (χ0) is 20.6. The summed E-state index contributed by atoms with van der Waals surface area (Å²) in [6.07, 6.45) is 7.63. The Morgan fingerprint density at radius 1 is 1.07 bits per heavy atom. The lowest BCUT2D eigenvalue weighted by molar-refractivity contribution is -0.117. The Morgan fingerprint density at radius 3 is 2.52 bits per heavy atom. The number of anilines is 1. The van der Waals surface area contributed by atoms with Crippen molar-refractivity contribution in [2.75, 3.05) is 10.8 Å². The second kappa shape index (κ2) is 7.50. The molecule has 1 saturated carbocycles. The van der Waals surface area contributed by atoms with E-state index in [9.17, 15) is 23.4 Å². The van der Waals surface area contributed by atoms with Crippen LogP contribution in [-0.4, -0.2) is 36.7 Å². The van der Waals surface area contributed by atoms with Gasteiger partial charge in [0.15, 0.2) is 0 Å². The van der Waals surface area contributed by atoms with Crippen LogP contribution in [-0.2, 0) is 21.4 Å². The van der Waals surface area contributed by atoms with Gasteiger partial charge in [-0.15, -0.1) is 0 Å². The molecule has 0 atom stereocenters. The maximum absolute atomic E-state index is 12.1. The molecule has 29 heavy (non-hydrogen) atoms. The fourth-order valence-corrected chi connectivity index (χ4v) is 5.58. The highest BCUT2D eigenvalue weighted by Gasteiger charge is 2.35. The zero-order valence-corrected chi connectivity index (χ0v) is 17.0. The number of aryl methyl sites for hydroxylation is 1. The van der Waals surface area contributed by atoms with Crippen molar-refractivity contribution in [3.05, 3.63) is 35.9 Å². The van der Waals surface area contributed by atoms with Crippen LogP contribution in [0.15, 0.2) is 30.3 Å². The van der Waals surface area contributed by atoms with Gasteiger partial charge in [0.25, 0.3) is 5.91 Å². The summed E-state index contributed by atoms with van der Waals surface area (Å²) in [6.45, 7) is -0.348. The number of aliphatic hydroxyl groups is 1. The number of carbonyl (C=O) groups is 1. The van der Waals surface area contributed by atoms with Crippen molar-refractivity contribution >= 4 is 32.6 Å². The molecule has 3 N–H and O–H groups in total. The van der Waals surface area contributed by atoms with Gasteiger partial charge in [-0.2, -0.15) is 8.42 Å². The number of benzene rings is 2. The molecular formula is C21H26N2O5S. The highest BCUT2D eigenvalue weighted by Crippen LogP contribution is 2.36. The topological polar surface area (TPSA) is 107 Å². The van der Waals surface area contributed by atoms with E-state index in [4.69, 9.17) is 0 Å². The molecule has 0 unspecified atom stereocenters. The summed E-state index contributed by atoms with van der Waals surface area (Å²) in [7, 11) is -3.98. The van der Waals surface area contributed by atoms with Crippen LogP contribution in [0.1, 0.15) is 50.5 Å². The molecule has 2 fully saturated rings. The van der Waals surface area contributed by atoms with E-state index in [0.29, 0.717) is 0 Å². The van der Waals surface area contributed by atoms with Crippen molar-refractivity contribution in [2.24, 2.45) is 0 Å². The monoisotopic (exact) mass is 418 g/mol. The van der Waals surface area contributed by atoms with E-state index in [-0.39, 0.29) is 18.0 Å². The first-order chi connectivity index (χ1) is 13.8. The van der Waals surface area contributed by atoms with Gasteiger partial charge >= 0.3 is 10.2 Å². The SMILES string of the molecule is O=C1CN(c2cc3cc(CCCC4(O)CCCCC4)ccc3cc2O)S(=O)(=O)N1. The summed E-state index contributed by atoms with van der Waals surface area (Å²) >= 11 is 0. The standard InChI is InChI=1S/C21H26N2O5S/c24-19-13-16-7-6-15(5-4-10-21(26)8-2-1-3-9-21)11-17(16)12-18(19)23-14-20(25)22-29(23,27)28/h6-7,11-13,24,26H,1-5,8-10,14H2,(H,22,25). The van der Waals surface area contributed by atoms with E-state index in [1.54, 1.807) is 6.07 Å². The van der Waals surface area contributed by atoms with Gasteiger partial charge in [-0.1, -0.05) is 37.5 Å². The quantitative estimate of drug-likeness (QED) is 0.692. The molecular weight excluding hydrogens is 392 g/mol. The number of rotatable bonds is 5. The number of aromatic hydroxyl groups is 1. The molecule has 2 aromatic rings. The molecule has 0 spiro atoms. The molecule has 8 heteroatoms. The molecule has 7 nitrogen and oxygen atoms in total. The molecule has 156 valence electrons. The Bertz CT molecular complexity index is 1040. The van der Waals surface area contributed by atoms with Crippen molar-refractivity contribution in [1.82, 2.24) is 4.72 Å². The first-order valence-electron chi connectivity index (χ1n) is 10.1. The predicted octanol–water partition coefficient (Wildman–Crippen LogP) is 2.74. The van der Waals surface area contributed by atoms with Gasteiger partial charge in [0.2, 0.25) is 0 Å². The van der Waals surface area contributed by atoms with Crippen molar-refractivity contribution in [3.63, 3.8) is 0 Å². The average Bonchev–Trinajstić information content (AvgIpc) is 2.93. The third-order valence-electron chi connectivity index (χ3n) is 5.98. The second-order valence-electron chi connectivity index (χ2n) is 8.20. The zero-order valence-electron chi connectivity index (χ0n) is 16.2. The number of nitrogens with zero attached hydrogens (tertiary/aromatic N) is 1. The lowest BCUT2D eigenvalue weighted by Crippen LogP contribution is -2.31. The molecule has 0 radical (unpaired) electrons. The minimum atomic E-state index is -3.98. The predicted molar refractivity (Wildman–Crippen MR) is 111 cm³/mol. The number of phenols is 1. The number of fused-ring (bicyclic) bond motifs is 1. The summed E-state index contributed by atoms with van der Waals surface area (Å²) in [4.78, 5) is 11.5. The van der Waals surface area contributed by atoms with Crippen LogP contribution in [0, 0.1) is 0 Å². The number of amides is 1. The van der Waals surface area contributed by atoms with E-state index in [1.807, 2.05) is 22.9 Å². The summed E-state index contributed by atoms with van der Waals surface area (Å²) < 4.78 is 27.0. The molecule has 0 bridgehead atoms. The maximum Gasteiger partial charge on any atom is 0.326 e. The third kappa shape index (κ3) is 4.18. The van der Waals surface area contributed by atoms with Gasteiger partial charge in [0.1, 0.15) is 12.3 Å². The third-order valence-corrected chi connectivity index (χ3v) is 7.37. The normalized spacial score (nSPS) is 20.7. The lowest BCUT2D eigenvalue weighted by atomic mass is 9.81. The van der Waals surface area contributed by atoms with Crippen LogP contribution in [0.3, 0.4) is 0 Å². The largest absolute Gasteiger partial charge is 0.506 e. The summed E-state index contributed by atoms with van der Waals surface area (Å²) in [6, 6.07) is 8.97. The van der Waals surface area contributed by atoms with Crippen molar-refractivity contribution in [2.45, 2.75) is 57.0 Å². The molecule has 0 aromatic heterocycles. The fraction of sp³-hybridized carbons (Fsp3) is 0.476. The Kier molecular flexibility index (Phi) is 5.16. The molecule has 1 amide bonds. The Balaban J connectivity index is 1.54. The molecule has 2 aromatic carbocycles. The van der Waals surface area contributed by atoms with E-state index >= 15 is 0 Å². The molecule has 2 aliphatic rings. The smallest absolute Gasteiger partial charge is 0.326 e. The van der Waals surface area contributed by atoms with Crippen molar-refractivity contribution < 1.29 is 23.4 Å². The van der Waals surface area contributed by atoms with Gasteiger partial charge in [-0.25, -0.2) is 9.03 Å². The molecule has 1 aliphatic heterocycles. The summed E-state index contributed by atoms with van der Waals surface area (Å²) in [5, 5.41) is 22.5. The Labute approximate surface area is 170 Å². The first kappa shape index (κ1) is 20.0. The van der Waals surface area contributed by atoms with Crippen LogP contribution < -0.4 is 9.03 Å². The highest BCUT2D eigenvalue weighted by atomic mass is 32.2. The molecule has 1 heterocycles. The highest BCUT2D eigenvalue weighted by molar-refractivity contribution is 7.92. The summed E-state index contributed by atoms with van der Waals surface area (Å²) in [5.74, 6) is -0.816. The number of nitrogens with one attached hydrogen (secondary N) is 1. The van der Waals surface area contributed by atoms with E-state index in [2.05, 4.69) is 0 Å². The first-order valence-corrected chi connectivity index (χ1v) is 11.5. The van der Waals surface area contributed by atoms with Gasteiger partial charge in [-0.3, -0.25) is 4.79 Å². The van der Waals surface area contributed by atoms with Gasteiger partial charge in [0, 0.05) is 0 Å². The van der Waals surface area contributed by atoms with Gasteiger partial charge in [-0.05, 0) is 60.6 Å². The number of hydrogen-bond donors (Lipinski definition) is 3. The van der Waals surface area contributed by atoms with Crippen LogP contribution in [0.25, 0.3) is 10.8 Å². The Hall–Kier alpha value is -2.32. The molecule has 4 rings (SSSR count). The Morgan fingerprint density at radius 2 is 1.83 bits per heavy atom. The minimum Gasteiger partial charge on any atom is -0.506 e. The minimum absolute atomic E-state index is 0.0875. The second-order valence-corrected chi connectivity index (χ2v) is 9.79. The number of phenolic OH excluding ortho intramolecular Hbond substituents is 1. The van der Waals surface area contributed by atoms with Crippen LogP contribution in [0.4, 0.5) is 5.69 Å². The van der Waals surface area contributed by atoms with E-state index < -0.39 is 21.7 Å². The van der Waals surface area contributed by atoms with Crippen LogP contribution >= 0.6 is 0 Å². The van der Waals surface area contributed by atoms with Crippen molar-refractivity contribution in [1.29, 1.82) is 0 Å².